The zero-order chi connectivity index (χ0) is 9.56. The SMILES string of the molecule is CC.Cc1ccc(C)c(CO)c1. The average molecular weight is 166 g/mol. The zero-order valence-electron chi connectivity index (χ0n) is 8.39. The van der Waals surface area contributed by atoms with Crippen LogP contribution in [0.1, 0.15) is 30.5 Å². The molecule has 0 saturated carbocycles. The van der Waals surface area contributed by atoms with Crippen LogP contribution in [0, 0.1) is 13.8 Å². The number of hydrogen-bond donors (Lipinski definition) is 1. The normalized spacial score (nSPS) is 8.75. The molecule has 1 rings (SSSR count). The molecule has 0 radical (unpaired) electrons. The first kappa shape index (κ1) is 11.2. The first-order valence-electron chi connectivity index (χ1n) is 4.41. The van der Waals surface area contributed by atoms with E-state index in [0.717, 1.165) is 11.1 Å². The predicted molar refractivity (Wildman–Crippen MR) is 53.2 cm³/mol. The third-order valence-corrected chi connectivity index (χ3v) is 1.67. The van der Waals surface area contributed by atoms with Crippen LogP contribution >= 0.6 is 0 Å². The molecule has 1 aromatic carbocycles. The van der Waals surface area contributed by atoms with Gasteiger partial charge in [-0.15, -0.1) is 0 Å². The molecular formula is C11H18O. The number of benzene rings is 1. The quantitative estimate of drug-likeness (QED) is 0.680. The second kappa shape index (κ2) is 5.78. The summed E-state index contributed by atoms with van der Waals surface area (Å²) in [5, 5.41) is 8.84. The van der Waals surface area contributed by atoms with Crippen molar-refractivity contribution in [3.8, 4) is 0 Å². The molecule has 0 aliphatic rings. The van der Waals surface area contributed by atoms with Crippen LogP contribution in [0.25, 0.3) is 0 Å². The Hall–Kier alpha value is -0.820. The summed E-state index contributed by atoms with van der Waals surface area (Å²) in [6.45, 7) is 8.18. The van der Waals surface area contributed by atoms with Crippen LogP contribution in [-0.4, -0.2) is 5.11 Å². The highest BCUT2D eigenvalue weighted by Crippen LogP contribution is 2.09. The van der Waals surface area contributed by atoms with Crippen LogP contribution in [0.2, 0.25) is 0 Å². The van der Waals surface area contributed by atoms with E-state index in [1.165, 1.54) is 5.56 Å². The monoisotopic (exact) mass is 166 g/mol. The Kier molecular flexibility index (Phi) is 5.39. The highest BCUT2D eigenvalue weighted by atomic mass is 16.3. The van der Waals surface area contributed by atoms with Crippen molar-refractivity contribution in [1.29, 1.82) is 0 Å². The lowest BCUT2D eigenvalue weighted by Crippen LogP contribution is -1.88. The minimum absolute atomic E-state index is 0.146. The maximum atomic E-state index is 8.84. The predicted octanol–water partition coefficient (Wildman–Crippen LogP) is 2.82. The van der Waals surface area contributed by atoms with Crippen molar-refractivity contribution in [2.75, 3.05) is 0 Å². The lowest BCUT2D eigenvalue weighted by atomic mass is 10.1. The fourth-order valence-corrected chi connectivity index (χ4v) is 0.971. The van der Waals surface area contributed by atoms with Crippen LogP contribution in [0.3, 0.4) is 0 Å². The molecule has 0 aliphatic heterocycles. The largest absolute Gasteiger partial charge is 0.392 e. The second-order valence-corrected chi connectivity index (χ2v) is 2.59. The summed E-state index contributed by atoms with van der Waals surface area (Å²) in [5.74, 6) is 0. The average Bonchev–Trinajstić information content (AvgIpc) is 2.13. The van der Waals surface area contributed by atoms with E-state index in [9.17, 15) is 0 Å². The Morgan fingerprint density at radius 2 is 1.75 bits per heavy atom. The van der Waals surface area contributed by atoms with Crippen molar-refractivity contribution in [2.24, 2.45) is 0 Å². The molecule has 0 spiro atoms. The summed E-state index contributed by atoms with van der Waals surface area (Å²) in [5.41, 5.74) is 3.39. The lowest BCUT2D eigenvalue weighted by molar-refractivity contribution is 0.281. The molecule has 0 fully saturated rings. The lowest BCUT2D eigenvalue weighted by Gasteiger charge is -2.01. The fraction of sp³-hybridized carbons (Fsp3) is 0.455. The summed E-state index contributed by atoms with van der Waals surface area (Å²) >= 11 is 0. The van der Waals surface area contributed by atoms with Gasteiger partial charge >= 0.3 is 0 Å². The van der Waals surface area contributed by atoms with Crippen LogP contribution in [0.5, 0.6) is 0 Å². The molecule has 1 heteroatoms. The zero-order valence-corrected chi connectivity index (χ0v) is 8.39. The van der Waals surface area contributed by atoms with Gasteiger partial charge in [-0.25, -0.2) is 0 Å². The van der Waals surface area contributed by atoms with Crippen molar-refractivity contribution in [2.45, 2.75) is 34.3 Å². The molecule has 1 aromatic rings. The highest BCUT2D eigenvalue weighted by molar-refractivity contribution is 5.29. The summed E-state index contributed by atoms with van der Waals surface area (Å²) in [6.07, 6.45) is 0. The van der Waals surface area contributed by atoms with Gasteiger partial charge in [-0.3, -0.25) is 0 Å². The van der Waals surface area contributed by atoms with Crippen molar-refractivity contribution < 1.29 is 5.11 Å². The third kappa shape index (κ3) is 3.05. The topological polar surface area (TPSA) is 20.2 Å². The molecule has 12 heavy (non-hydrogen) atoms. The summed E-state index contributed by atoms with van der Waals surface area (Å²) in [4.78, 5) is 0. The first-order chi connectivity index (χ1) is 5.74. The van der Waals surface area contributed by atoms with Gasteiger partial charge in [0.25, 0.3) is 0 Å². The smallest absolute Gasteiger partial charge is 0.0684 e. The minimum atomic E-state index is 0.146. The fourth-order valence-electron chi connectivity index (χ4n) is 0.971. The van der Waals surface area contributed by atoms with Crippen molar-refractivity contribution in [3.63, 3.8) is 0 Å². The van der Waals surface area contributed by atoms with Gasteiger partial charge in [0.05, 0.1) is 6.61 Å². The maximum absolute atomic E-state index is 8.84. The van der Waals surface area contributed by atoms with Crippen molar-refractivity contribution in [3.05, 3.63) is 34.9 Å². The van der Waals surface area contributed by atoms with E-state index in [-0.39, 0.29) is 6.61 Å². The molecule has 0 bridgehead atoms. The number of aliphatic hydroxyl groups excluding tert-OH is 1. The molecule has 0 unspecified atom stereocenters. The molecular weight excluding hydrogens is 148 g/mol. The van der Waals surface area contributed by atoms with Crippen molar-refractivity contribution in [1.82, 2.24) is 0 Å². The van der Waals surface area contributed by atoms with E-state index < -0.39 is 0 Å². The molecule has 0 heterocycles. The standard InChI is InChI=1S/C9H12O.C2H6/c1-7-3-4-8(2)9(5-7)6-10;1-2/h3-5,10H,6H2,1-2H3;1-2H3. The van der Waals surface area contributed by atoms with Gasteiger partial charge in [0.1, 0.15) is 0 Å². The number of hydrogen-bond acceptors (Lipinski definition) is 1. The summed E-state index contributed by atoms with van der Waals surface area (Å²) in [6, 6.07) is 6.09. The summed E-state index contributed by atoms with van der Waals surface area (Å²) in [7, 11) is 0. The second-order valence-electron chi connectivity index (χ2n) is 2.59. The van der Waals surface area contributed by atoms with Gasteiger partial charge in [-0.1, -0.05) is 37.6 Å². The van der Waals surface area contributed by atoms with Gasteiger partial charge in [0, 0.05) is 0 Å². The number of aryl methyl sites for hydroxylation is 2. The Balaban J connectivity index is 0.000000561. The van der Waals surface area contributed by atoms with E-state index in [1.54, 1.807) is 0 Å². The molecule has 1 nitrogen and oxygen atoms in total. The highest BCUT2D eigenvalue weighted by Gasteiger charge is 1.94. The van der Waals surface area contributed by atoms with Crippen LogP contribution in [-0.2, 0) is 6.61 Å². The molecule has 0 aromatic heterocycles. The number of rotatable bonds is 1. The Labute approximate surface area is 75.1 Å². The molecule has 68 valence electrons. The van der Waals surface area contributed by atoms with E-state index in [0.29, 0.717) is 0 Å². The Morgan fingerprint density at radius 1 is 1.17 bits per heavy atom. The van der Waals surface area contributed by atoms with Gasteiger partial charge in [-0.2, -0.15) is 0 Å². The van der Waals surface area contributed by atoms with Crippen LogP contribution < -0.4 is 0 Å². The van der Waals surface area contributed by atoms with Gasteiger partial charge < -0.3 is 5.11 Å². The molecule has 0 aliphatic carbocycles. The van der Waals surface area contributed by atoms with Crippen LogP contribution in [0.15, 0.2) is 18.2 Å². The van der Waals surface area contributed by atoms with Crippen LogP contribution in [0.4, 0.5) is 0 Å². The Morgan fingerprint density at radius 3 is 2.17 bits per heavy atom. The van der Waals surface area contributed by atoms with Gasteiger partial charge in [0.2, 0.25) is 0 Å². The molecule has 1 N–H and O–H groups in total. The van der Waals surface area contributed by atoms with E-state index in [4.69, 9.17) is 5.11 Å². The molecule has 0 saturated heterocycles. The van der Waals surface area contributed by atoms with E-state index in [1.807, 2.05) is 39.8 Å². The summed E-state index contributed by atoms with van der Waals surface area (Å²) < 4.78 is 0. The first-order valence-corrected chi connectivity index (χ1v) is 4.41. The third-order valence-electron chi connectivity index (χ3n) is 1.67. The minimum Gasteiger partial charge on any atom is -0.392 e. The van der Waals surface area contributed by atoms with Gasteiger partial charge in [0.15, 0.2) is 0 Å². The van der Waals surface area contributed by atoms with Crippen molar-refractivity contribution >= 4 is 0 Å². The number of aliphatic hydroxyl groups is 1. The van der Waals surface area contributed by atoms with E-state index >= 15 is 0 Å². The molecule has 0 atom stereocenters. The van der Waals surface area contributed by atoms with Gasteiger partial charge in [-0.05, 0) is 25.0 Å². The Bertz CT molecular complexity index is 228. The van der Waals surface area contributed by atoms with E-state index in [2.05, 4.69) is 6.07 Å². The molecule has 0 amide bonds. The maximum Gasteiger partial charge on any atom is 0.0684 e.